The van der Waals surface area contributed by atoms with Crippen LogP contribution in [0.3, 0.4) is 0 Å². The van der Waals surface area contributed by atoms with E-state index >= 15 is 0 Å². The van der Waals surface area contributed by atoms with Gasteiger partial charge in [0.1, 0.15) is 5.82 Å². The van der Waals surface area contributed by atoms with Gasteiger partial charge in [-0.05, 0) is 68.8 Å². The summed E-state index contributed by atoms with van der Waals surface area (Å²) in [4.78, 5) is 23.8. The summed E-state index contributed by atoms with van der Waals surface area (Å²) in [7, 11) is 0. The molecule has 0 radical (unpaired) electrons. The number of rotatable bonds is 5. The van der Waals surface area contributed by atoms with E-state index in [1.54, 1.807) is 28.9 Å². The molecule has 0 saturated carbocycles. The molecule has 0 bridgehead atoms. The van der Waals surface area contributed by atoms with E-state index in [1.807, 2.05) is 26.8 Å². The zero-order valence-corrected chi connectivity index (χ0v) is 16.8. The lowest BCUT2D eigenvalue weighted by atomic mass is 10.1. The summed E-state index contributed by atoms with van der Waals surface area (Å²) in [5.41, 5.74) is 5.38. The molecule has 0 aliphatic carbocycles. The molecule has 29 heavy (non-hydrogen) atoms. The van der Waals surface area contributed by atoms with Crippen molar-refractivity contribution in [2.75, 3.05) is 10.6 Å². The van der Waals surface area contributed by atoms with Gasteiger partial charge in [0.05, 0.1) is 17.8 Å². The molecule has 0 atom stereocenters. The fourth-order valence-corrected chi connectivity index (χ4v) is 3.20. The topological polar surface area (TPSA) is 76.0 Å². The third-order valence-electron chi connectivity index (χ3n) is 4.67. The summed E-state index contributed by atoms with van der Waals surface area (Å²) >= 11 is 0. The Labute approximate surface area is 168 Å². The Balaban J connectivity index is 1.75. The first-order valence-corrected chi connectivity index (χ1v) is 9.23. The van der Waals surface area contributed by atoms with Crippen LogP contribution in [0.2, 0.25) is 0 Å². The summed E-state index contributed by atoms with van der Waals surface area (Å²) in [6, 6.07) is 11.4. The molecule has 0 fully saturated rings. The van der Waals surface area contributed by atoms with Crippen LogP contribution in [-0.4, -0.2) is 21.6 Å². The maximum absolute atomic E-state index is 13.2. The highest BCUT2D eigenvalue weighted by molar-refractivity contribution is 5.94. The van der Waals surface area contributed by atoms with Crippen LogP contribution in [0.5, 0.6) is 0 Å². The van der Waals surface area contributed by atoms with E-state index in [4.69, 9.17) is 0 Å². The summed E-state index contributed by atoms with van der Waals surface area (Å²) in [5, 5.41) is 10.1. The van der Waals surface area contributed by atoms with E-state index in [1.165, 1.54) is 19.1 Å². The number of aromatic nitrogens is 2. The first kappa shape index (κ1) is 20.3. The van der Waals surface area contributed by atoms with Crippen LogP contribution < -0.4 is 10.6 Å². The van der Waals surface area contributed by atoms with Crippen LogP contribution in [0.1, 0.15) is 29.4 Å². The number of anilines is 2. The molecule has 2 amide bonds. The lowest BCUT2D eigenvalue weighted by molar-refractivity contribution is -0.116. The third-order valence-corrected chi connectivity index (χ3v) is 4.67. The van der Waals surface area contributed by atoms with Crippen LogP contribution in [0, 0.1) is 26.6 Å². The van der Waals surface area contributed by atoms with Crippen molar-refractivity contribution in [2.45, 2.75) is 34.1 Å². The number of carbonyl (C=O) groups excluding carboxylic acids is 2. The minimum Gasteiger partial charge on any atom is -0.326 e. The summed E-state index contributed by atoms with van der Waals surface area (Å²) in [5.74, 6) is -0.620. The molecule has 1 heterocycles. The van der Waals surface area contributed by atoms with Gasteiger partial charge in [0.25, 0.3) is 0 Å². The van der Waals surface area contributed by atoms with Crippen molar-refractivity contribution in [3.05, 3.63) is 70.8 Å². The number of amides is 2. The normalized spacial score (nSPS) is 10.7. The van der Waals surface area contributed by atoms with Gasteiger partial charge in [0.15, 0.2) is 0 Å². The van der Waals surface area contributed by atoms with Gasteiger partial charge in [0.2, 0.25) is 11.8 Å². The van der Waals surface area contributed by atoms with E-state index in [2.05, 4.69) is 15.7 Å². The highest BCUT2D eigenvalue weighted by Crippen LogP contribution is 2.22. The van der Waals surface area contributed by atoms with Gasteiger partial charge in [-0.25, -0.2) is 9.07 Å². The van der Waals surface area contributed by atoms with Crippen molar-refractivity contribution in [3.8, 4) is 5.69 Å². The lowest BCUT2D eigenvalue weighted by Gasteiger charge is -2.10. The molecule has 0 unspecified atom stereocenters. The van der Waals surface area contributed by atoms with Crippen molar-refractivity contribution < 1.29 is 14.0 Å². The third kappa shape index (κ3) is 4.68. The SMILES string of the molecule is CC(=O)Nc1ccc(NC(=O)Cc2c(C)nn(-c3ccc(F)cc3)c2C)cc1C. The second-order valence-electron chi connectivity index (χ2n) is 6.97. The van der Waals surface area contributed by atoms with Crippen LogP contribution in [0.25, 0.3) is 5.69 Å². The number of halogens is 1. The Bertz CT molecular complexity index is 1070. The average Bonchev–Trinajstić information content (AvgIpc) is 2.92. The maximum atomic E-state index is 13.2. The Morgan fingerprint density at radius 2 is 1.72 bits per heavy atom. The lowest BCUT2D eigenvalue weighted by Crippen LogP contribution is -2.16. The van der Waals surface area contributed by atoms with E-state index < -0.39 is 0 Å². The number of aryl methyl sites for hydroxylation is 2. The minimum atomic E-state index is -0.310. The van der Waals surface area contributed by atoms with Crippen molar-refractivity contribution in [1.82, 2.24) is 9.78 Å². The van der Waals surface area contributed by atoms with E-state index in [0.717, 1.165) is 28.2 Å². The van der Waals surface area contributed by atoms with Crippen LogP contribution >= 0.6 is 0 Å². The van der Waals surface area contributed by atoms with E-state index in [0.29, 0.717) is 11.4 Å². The smallest absolute Gasteiger partial charge is 0.228 e. The fraction of sp³-hybridized carbons (Fsp3) is 0.227. The van der Waals surface area contributed by atoms with Crippen LogP contribution in [-0.2, 0) is 16.0 Å². The van der Waals surface area contributed by atoms with Crippen molar-refractivity contribution in [1.29, 1.82) is 0 Å². The number of benzene rings is 2. The Hall–Kier alpha value is -3.48. The standard InChI is InChI=1S/C22H23FN4O2/c1-13-11-18(7-10-21(13)24-16(4)28)25-22(29)12-20-14(2)26-27(15(20)3)19-8-5-17(23)6-9-19/h5-11H,12H2,1-4H3,(H,24,28)(H,25,29). The molecule has 3 aromatic rings. The Morgan fingerprint density at radius 3 is 2.34 bits per heavy atom. The number of carbonyl (C=O) groups is 2. The number of nitrogens with one attached hydrogen (secondary N) is 2. The van der Waals surface area contributed by atoms with E-state index in [9.17, 15) is 14.0 Å². The highest BCUT2D eigenvalue weighted by atomic mass is 19.1. The second-order valence-corrected chi connectivity index (χ2v) is 6.97. The molecule has 0 aliphatic rings. The van der Waals surface area contributed by atoms with Gasteiger partial charge in [0, 0.05) is 29.6 Å². The van der Waals surface area contributed by atoms with Gasteiger partial charge >= 0.3 is 0 Å². The summed E-state index contributed by atoms with van der Waals surface area (Å²) in [6.07, 6.45) is 0.172. The molecule has 2 N–H and O–H groups in total. The molecule has 2 aromatic carbocycles. The molecule has 7 heteroatoms. The van der Waals surface area contributed by atoms with Crippen LogP contribution in [0.4, 0.5) is 15.8 Å². The number of nitrogens with zero attached hydrogens (tertiary/aromatic N) is 2. The quantitative estimate of drug-likeness (QED) is 0.685. The maximum Gasteiger partial charge on any atom is 0.228 e. The number of hydrogen-bond donors (Lipinski definition) is 2. The molecule has 0 saturated heterocycles. The van der Waals surface area contributed by atoms with Gasteiger partial charge in [-0.1, -0.05) is 0 Å². The van der Waals surface area contributed by atoms with Crippen molar-refractivity contribution >= 4 is 23.2 Å². The molecule has 0 spiro atoms. The van der Waals surface area contributed by atoms with Crippen molar-refractivity contribution in [3.63, 3.8) is 0 Å². The Morgan fingerprint density at radius 1 is 1.03 bits per heavy atom. The molecule has 6 nitrogen and oxygen atoms in total. The number of hydrogen-bond acceptors (Lipinski definition) is 3. The molecule has 0 aliphatic heterocycles. The Kier molecular flexibility index (Phi) is 5.77. The largest absolute Gasteiger partial charge is 0.326 e. The molecule has 3 rings (SSSR count). The molecular weight excluding hydrogens is 371 g/mol. The molecule has 150 valence electrons. The highest BCUT2D eigenvalue weighted by Gasteiger charge is 2.16. The second kappa shape index (κ2) is 8.26. The van der Waals surface area contributed by atoms with Gasteiger partial charge in [-0.3, -0.25) is 9.59 Å². The average molecular weight is 394 g/mol. The van der Waals surface area contributed by atoms with Gasteiger partial charge < -0.3 is 10.6 Å². The summed E-state index contributed by atoms with van der Waals surface area (Å²) in [6.45, 7) is 7.05. The molecule has 1 aromatic heterocycles. The minimum absolute atomic E-state index is 0.144. The first-order chi connectivity index (χ1) is 13.7. The van der Waals surface area contributed by atoms with Crippen molar-refractivity contribution in [2.24, 2.45) is 0 Å². The van der Waals surface area contributed by atoms with Gasteiger partial charge in [-0.2, -0.15) is 5.10 Å². The zero-order valence-electron chi connectivity index (χ0n) is 16.8. The first-order valence-electron chi connectivity index (χ1n) is 9.23. The monoisotopic (exact) mass is 394 g/mol. The predicted molar refractivity (Wildman–Crippen MR) is 111 cm³/mol. The molecular formula is C22H23FN4O2. The summed E-state index contributed by atoms with van der Waals surface area (Å²) < 4.78 is 14.9. The predicted octanol–water partition coefficient (Wildman–Crippen LogP) is 4.08. The van der Waals surface area contributed by atoms with Crippen LogP contribution in [0.15, 0.2) is 42.5 Å². The van der Waals surface area contributed by atoms with E-state index in [-0.39, 0.29) is 24.1 Å². The zero-order chi connectivity index (χ0) is 21.1. The van der Waals surface area contributed by atoms with Gasteiger partial charge in [-0.15, -0.1) is 0 Å². The fourth-order valence-electron chi connectivity index (χ4n) is 3.20.